The second-order valence-electron chi connectivity index (χ2n) is 6.27. The molecule has 6 nitrogen and oxygen atoms in total. The van der Waals surface area contributed by atoms with E-state index in [9.17, 15) is 14.4 Å². The predicted octanol–water partition coefficient (Wildman–Crippen LogP) is 2.38. The van der Waals surface area contributed by atoms with Crippen LogP contribution in [0.4, 0.5) is 11.4 Å². The zero-order valence-electron chi connectivity index (χ0n) is 14.6. The summed E-state index contributed by atoms with van der Waals surface area (Å²) in [5, 5.41) is 5.19. The quantitative estimate of drug-likeness (QED) is 0.830. The predicted molar refractivity (Wildman–Crippen MR) is 99.7 cm³/mol. The number of hydrogen-bond acceptors (Lipinski definition) is 3. The van der Waals surface area contributed by atoms with E-state index in [1.807, 2.05) is 43.3 Å². The summed E-state index contributed by atoms with van der Waals surface area (Å²) >= 11 is 0. The average molecular weight is 351 g/mol. The van der Waals surface area contributed by atoms with Crippen molar-refractivity contribution in [2.24, 2.45) is 0 Å². The van der Waals surface area contributed by atoms with E-state index in [0.717, 1.165) is 23.2 Å². The normalized spacial score (nSPS) is 13.6. The molecule has 0 atom stereocenters. The second-order valence-corrected chi connectivity index (χ2v) is 6.27. The molecule has 0 aliphatic carbocycles. The first-order valence-corrected chi connectivity index (χ1v) is 8.59. The van der Waals surface area contributed by atoms with Gasteiger partial charge in [0.1, 0.15) is 0 Å². The van der Waals surface area contributed by atoms with Crippen molar-refractivity contribution in [1.82, 2.24) is 5.32 Å². The second kappa shape index (κ2) is 7.82. The third-order valence-electron chi connectivity index (χ3n) is 4.33. The lowest BCUT2D eigenvalue weighted by Crippen LogP contribution is -2.35. The molecule has 0 bridgehead atoms. The van der Waals surface area contributed by atoms with Crippen LogP contribution in [0, 0.1) is 6.92 Å². The van der Waals surface area contributed by atoms with Crippen LogP contribution in [0.5, 0.6) is 0 Å². The van der Waals surface area contributed by atoms with Gasteiger partial charge in [0.05, 0.1) is 0 Å². The molecule has 2 aromatic rings. The van der Waals surface area contributed by atoms with Gasteiger partial charge < -0.3 is 15.5 Å². The molecule has 134 valence electrons. The number of aryl methyl sites for hydroxylation is 1. The van der Waals surface area contributed by atoms with Gasteiger partial charge in [-0.1, -0.05) is 36.4 Å². The fourth-order valence-electron chi connectivity index (χ4n) is 2.93. The lowest BCUT2D eigenvalue weighted by atomic mass is 10.1. The first kappa shape index (κ1) is 17.7. The molecule has 1 heterocycles. The highest BCUT2D eigenvalue weighted by Crippen LogP contribution is 2.28. The van der Waals surface area contributed by atoms with Crippen molar-refractivity contribution in [3.63, 3.8) is 0 Å². The monoisotopic (exact) mass is 351 g/mol. The van der Waals surface area contributed by atoms with Crippen molar-refractivity contribution in [2.75, 3.05) is 16.8 Å². The Kier molecular flexibility index (Phi) is 5.31. The first-order valence-electron chi connectivity index (χ1n) is 8.59. The fourth-order valence-corrected chi connectivity index (χ4v) is 2.93. The van der Waals surface area contributed by atoms with Crippen molar-refractivity contribution in [3.05, 3.63) is 59.7 Å². The zero-order valence-corrected chi connectivity index (χ0v) is 14.6. The number of carbonyl (C=O) groups excluding carboxylic acids is 3. The topological polar surface area (TPSA) is 78.5 Å². The summed E-state index contributed by atoms with van der Waals surface area (Å²) in [5.41, 5.74) is 3.13. The van der Waals surface area contributed by atoms with Crippen LogP contribution < -0.4 is 15.5 Å². The standard InChI is InChI=1S/C20H21N3O3/c1-14-9-10-16(12-17(14)23-11-5-8-18(23)24)22-20(26)19(25)21-13-15-6-3-2-4-7-15/h2-4,6-7,9-10,12H,5,8,11,13H2,1H3,(H,21,25)(H,22,26). The molecule has 1 saturated heterocycles. The van der Waals surface area contributed by atoms with Gasteiger partial charge in [-0.15, -0.1) is 0 Å². The van der Waals surface area contributed by atoms with Crippen LogP contribution in [0.2, 0.25) is 0 Å². The molecule has 2 aromatic carbocycles. The van der Waals surface area contributed by atoms with Gasteiger partial charge in [0.15, 0.2) is 0 Å². The molecule has 3 amide bonds. The molecule has 1 aliphatic heterocycles. The van der Waals surface area contributed by atoms with E-state index in [4.69, 9.17) is 0 Å². The third kappa shape index (κ3) is 4.08. The van der Waals surface area contributed by atoms with E-state index in [-0.39, 0.29) is 12.5 Å². The minimum atomic E-state index is -0.733. The number of anilines is 2. The van der Waals surface area contributed by atoms with Crippen LogP contribution in [0.3, 0.4) is 0 Å². The Morgan fingerprint density at radius 1 is 1.08 bits per heavy atom. The maximum atomic E-state index is 12.1. The number of nitrogens with one attached hydrogen (secondary N) is 2. The van der Waals surface area contributed by atoms with Gasteiger partial charge in [0.2, 0.25) is 5.91 Å². The Labute approximate surface area is 152 Å². The van der Waals surface area contributed by atoms with Crippen LogP contribution in [0.25, 0.3) is 0 Å². The Bertz CT molecular complexity index is 833. The van der Waals surface area contributed by atoms with Crippen molar-refractivity contribution in [2.45, 2.75) is 26.3 Å². The lowest BCUT2D eigenvalue weighted by molar-refractivity contribution is -0.136. The van der Waals surface area contributed by atoms with Crippen LogP contribution >= 0.6 is 0 Å². The first-order chi connectivity index (χ1) is 12.5. The Balaban J connectivity index is 1.63. The molecule has 26 heavy (non-hydrogen) atoms. The van der Waals surface area contributed by atoms with Gasteiger partial charge in [-0.05, 0) is 36.6 Å². The van der Waals surface area contributed by atoms with Gasteiger partial charge >= 0.3 is 11.8 Å². The summed E-state index contributed by atoms with van der Waals surface area (Å²) in [4.78, 5) is 37.8. The van der Waals surface area contributed by atoms with Crippen LogP contribution in [-0.4, -0.2) is 24.3 Å². The number of amides is 3. The summed E-state index contributed by atoms with van der Waals surface area (Å²) < 4.78 is 0. The Morgan fingerprint density at radius 3 is 2.54 bits per heavy atom. The molecule has 0 radical (unpaired) electrons. The summed E-state index contributed by atoms with van der Waals surface area (Å²) in [6.45, 7) is 2.88. The zero-order chi connectivity index (χ0) is 18.5. The van der Waals surface area contributed by atoms with Crippen molar-refractivity contribution < 1.29 is 14.4 Å². The molecular formula is C20H21N3O3. The molecule has 1 fully saturated rings. The van der Waals surface area contributed by atoms with Crippen molar-refractivity contribution in [1.29, 1.82) is 0 Å². The van der Waals surface area contributed by atoms with Crippen LogP contribution in [-0.2, 0) is 20.9 Å². The highest BCUT2D eigenvalue weighted by Gasteiger charge is 2.23. The molecule has 3 rings (SSSR count). The van der Waals surface area contributed by atoms with E-state index in [2.05, 4.69) is 10.6 Å². The molecule has 2 N–H and O–H groups in total. The smallest absolute Gasteiger partial charge is 0.313 e. The summed E-state index contributed by atoms with van der Waals surface area (Å²) in [5.74, 6) is -1.35. The fraction of sp³-hybridized carbons (Fsp3) is 0.250. The molecular weight excluding hydrogens is 330 g/mol. The van der Waals surface area contributed by atoms with Crippen LogP contribution in [0.15, 0.2) is 48.5 Å². The van der Waals surface area contributed by atoms with E-state index in [1.54, 1.807) is 17.0 Å². The summed E-state index contributed by atoms with van der Waals surface area (Å²) in [6, 6.07) is 14.7. The summed E-state index contributed by atoms with van der Waals surface area (Å²) in [6.07, 6.45) is 1.37. The van der Waals surface area contributed by atoms with Crippen molar-refractivity contribution in [3.8, 4) is 0 Å². The molecule has 0 spiro atoms. The van der Waals surface area contributed by atoms with Gasteiger partial charge in [-0.3, -0.25) is 14.4 Å². The molecule has 0 aromatic heterocycles. The third-order valence-corrected chi connectivity index (χ3v) is 4.33. The molecule has 1 aliphatic rings. The van der Waals surface area contributed by atoms with E-state index in [1.165, 1.54) is 0 Å². The lowest BCUT2D eigenvalue weighted by Gasteiger charge is -2.19. The number of hydrogen-bond donors (Lipinski definition) is 2. The van der Waals surface area contributed by atoms with Crippen molar-refractivity contribution >= 4 is 29.1 Å². The van der Waals surface area contributed by atoms with Crippen LogP contribution in [0.1, 0.15) is 24.0 Å². The number of nitrogens with zero attached hydrogens (tertiary/aromatic N) is 1. The maximum absolute atomic E-state index is 12.1. The van der Waals surface area contributed by atoms with Gasteiger partial charge in [0, 0.05) is 30.9 Å². The summed E-state index contributed by atoms with van der Waals surface area (Å²) in [7, 11) is 0. The molecule has 0 unspecified atom stereocenters. The molecule has 0 saturated carbocycles. The SMILES string of the molecule is Cc1ccc(NC(=O)C(=O)NCc2ccccc2)cc1N1CCCC1=O. The Hall–Kier alpha value is -3.15. The van der Waals surface area contributed by atoms with Gasteiger partial charge in [-0.2, -0.15) is 0 Å². The van der Waals surface area contributed by atoms with Gasteiger partial charge in [0.25, 0.3) is 0 Å². The number of benzene rings is 2. The number of rotatable bonds is 4. The largest absolute Gasteiger partial charge is 0.344 e. The van der Waals surface area contributed by atoms with E-state index >= 15 is 0 Å². The van der Waals surface area contributed by atoms with E-state index in [0.29, 0.717) is 18.7 Å². The minimum absolute atomic E-state index is 0.0807. The highest BCUT2D eigenvalue weighted by atomic mass is 16.2. The maximum Gasteiger partial charge on any atom is 0.313 e. The average Bonchev–Trinajstić information content (AvgIpc) is 3.08. The minimum Gasteiger partial charge on any atom is -0.344 e. The highest BCUT2D eigenvalue weighted by molar-refractivity contribution is 6.39. The molecule has 6 heteroatoms. The Morgan fingerprint density at radius 2 is 1.85 bits per heavy atom. The number of carbonyl (C=O) groups is 3. The van der Waals surface area contributed by atoms with E-state index < -0.39 is 11.8 Å². The van der Waals surface area contributed by atoms with Gasteiger partial charge in [-0.25, -0.2) is 0 Å².